The Bertz CT molecular complexity index is 515. The second kappa shape index (κ2) is 5.19. The van der Waals surface area contributed by atoms with Crippen molar-refractivity contribution in [3.05, 3.63) is 43.7 Å². The number of nitrogens with one attached hydrogen (secondary N) is 1. The minimum Gasteiger partial charge on any atom is -0.365 e. The number of aryl methyl sites for hydroxylation is 3. The van der Waals surface area contributed by atoms with E-state index in [-0.39, 0.29) is 0 Å². The zero-order chi connectivity index (χ0) is 12.4. The largest absolute Gasteiger partial charge is 0.365 e. The van der Waals surface area contributed by atoms with Gasteiger partial charge in [-0.1, -0.05) is 0 Å². The van der Waals surface area contributed by atoms with Gasteiger partial charge in [0, 0.05) is 20.4 Å². The summed E-state index contributed by atoms with van der Waals surface area (Å²) >= 11 is 5.29. The molecule has 90 valence electrons. The highest BCUT2D eigenvalue weighted by Crippen LogP contribution is 2.22. The molecule has 0 unspecified atom stereocenters. The fourth-order valence-corrected chi connectivity index (χ4v) is 2.76. The van der Waals surface area contributed by atoms with Crippen molar-refractivity contribution in [2.75, 3.05) is 5.32 Å². The molecule has 0 aliphatic heterocycles. The summed E-state index contributed by atoms with van der Waals surface area (Å²) in [6.45, 7) is 7.21. The van der Waals surface area contributed by atoms with Crippen molar-refractivity contribution in [2.24, 2.45) is 0 Å². The van der Waals surface area contributed by atoms with Gasteiger partial charge in [-0.05, 0) is 60.0 Å². The van der Waals surface area contributed by atoms with E-state index in [2.05, 4.69) is 59.1 Å². The van der Waals surface area contributed by atoms with Gasteiger partial charge in [0.25, 0.3) is 0 Å². The van der Waals surface area contributed by atoms with E-state index >= 15 is 0 Å². The Kier molecular flexibility index (Phi) is 3.84. The van der Waals surface area contributed by atoms with Gasteiger partial charge < -0.3 is 5.32 Å². The van der Waals surface area contributed by atoms with Gasteiger partial charge in [0.2, 0.25) is 0 Å². The van der Waals surface area contributed by atoms with E-state index in [9.17, 15) is 0 Å². The zero-order valence-corrected chi connectivity index (χ0v) is 12.6. The molecule has 2 nitrogen and oxygen atoms in total. The number of hydrogen-bond acceptors (Lipinski definition) is 3. The van der Waals surface area contributed by atoms with Crippen molar-refractivity contribution in [3.63, 3.8) is 0 Å². The molecule has 0 saturated carbocycles. The van der Waals surface area contributed by atoms with E-state index in [4.69, 9.17) is 0 Å². The maximum Gasteiger partial charge on any atom is 0.126 e. The normalized spacial score (nSPS) is 10.6. The molecule has 2 aromatic heterocycles. The summed E-state index contributed by atoms with van der Waals surface area (Å²) in [4.78, 5) is 7.07. The molecular formula is C13H15BrN2S. The molecule has 0 fully saturated rings. The second-order valence-corrected chi connectivity index (χ2v) is 6.32. The average molecular weight is 311 g/mol. The smallest absolute Gasteiger partial charge is 0.126 e. The van der Waals surface area contributed by atoms with E-state index in [0.717, 1.165) is 16.8 Å². The zero-order valence-electron chi connectivity index (χ0n) is 10.2. The van der Waals surface area contributed by atoms with Crippen LogP contribution >= 0.6 is 27.3 Å². The Balaban J connectivity index is 2.04. The third kappa shape index (κ3) is 3.07. The lowest BCUT2D eigenvalue weighted by molar-refractivity contribution is 1.13. The highest BCUT2D eigenvalue weighted by molar-refractivity contribution is 9.10. The molecule has 4 heteroatoms. The van der Waals surface area contributed by atoms with E-state index in [1.54, 1.807) is 0 Å². The number of aromatic nitrogens is 1. The maximum absolute atomic E-state index is 4.33. The first-order valence-electron chi connectivity index (χ1n) is 5.48. The summed E-state index contributed by atoms with van der Waals surface area (Å²) in [6.07, 6.45) is 1.84. The molecule has 17 heavy (non-hydrogen) atoms. The molecular weight excluding hydrogens is 296 g/mol. The van der Waals surface area contributed by atoms with Crippen molar-refractivity contribution >= 4 is 33.1 Å². The van der Waals surface area contributed by atoms with Crippen molar-refractivity contribution in [1.29, 1.82) is 0 Å². The third-order valence-corrected chi connectivity index (χ3v) is 4.69. The van der Waals surface area contributed by atoms with Crippen LogP contribution in [0.5, 0.6) is 0 Å². The summed E-state index contributed by atoms with van der Waals surface area (Å²) in [7, 11) is 0. The molecule has 2 heterocycles. The Morgan fingerprint density at radius 2 is 2.00 bits per heavy atom. The van der Waals surface area contributed by atoms with Crippen molar-refractivity contribution in [1.82, 2.24) is 4.98 Å². The fourth-order valence-electron chi connectivity index (χ4n) is 1.55. The van der Waals surface area contributed by atoms with Crippen LogP contribution in [0.2, 0.25) is 0 Å². The first-order valence-corrected chi connectivity index (χ1v) is 7.09. The lowest BCUT2D eigenvalue weighted by Gasteiger charge is -2.05. The highest BCUT2D eigenvalue weighted by atomic mass is 79.9. The topological polar surface area (TPSA) is 24.9 Å². The Hall–Kier alpha value is -0.870. The molecule has 0 bridgehead atoms. The molecule has 0 aliphatic carbocycles. The molecule has 0 atom stereocenters. The number of thiophene rings is 1. The predicted molar refractivity (Wildman–Crippen MR) is 77.8 cm³/mol. The highest BCUT2D eigenvalue weighted by Gasteiger charge is 2.02. The molecule has 0 amide bonds. The summed E-state index contributed by atoms with van der Waals surface area (Å²) < 4.78 is 1.05. The van der Waals surface area contributed by atoms with Crippen LogP contribution in [0.3, 0.4) is 0 Å². The third-order valence-electron chi connectivity index (χ3n) is 2.71. The standard InChI is InChI=1S/C13H15BrN2S/c1-8-4-11(17-10(8)3)6-15-13-5-9(2)12(14)7-16-13/h4-5,7H,6H2,1-3H3,(H,15,16). The molecule has 0 aliphatic rings. The number of pyridine rings is 1. The number of nitrogens with zero attached hydrogens (tertiary/aromatic N) is 1. The van der Waals surface area contributed by atoms with Gasteiger partial charge in [-0.2, -0.15) is 0 Å². The van der Waals surface area contributed by atoms with Gasteiger partial charge in [0.15, 0.2) is 0 Å². The van der Waals surface area contributed by atoms with Crippen molar-refractivity contribution in [2.45, 2.75) is 27.3 Å². The van der Waals surface area contributed by atoms with Crippen LogP contribution in [0.15, 0.2) is 22.8 Å². The van der Waals surface area contributed by atoms with Gasteiger partial charge >= 0.3 is 0 Å². The first kappa shape index (κ1) is 12.6. The van der Waals surface area contributed by atoms with Gasteiger partial charge in [-0.25, -0.2) is 4.98 Å². The average Bonchev–Trinajstić information content (AvgIpc) is 2.60. The van der Waals surface area contributed by atoms with E-state index in [1.165, 1.54) is 20.9 Å². The van der Waals surface area contributed by atoms with Crippen LogP contribution in [-0.2, 0) is 6.54 Å². The number of hydrogen-bond donors (Lipinski definition) is 1. The molecule has 0 aromatic carbocycles. The lowest BCUT2D eigenvalue weighted by Crippen LogP contribution is -2.00. The van der Waals surface area contributed by atoms with E-state index in [1.807, 2.05) is 17.5 Å². The van der Waals surface area contributed by atoms with Crippen LogP contribution in [0.1, 0.15) is 20.9 Å². The van der Waals surface area contributed by atoms with Gasteiger partial charge in [0.1, 0.15) is 5.82 Å². The number of anilines is 1. The molecule has 0 saturated heterocycles. The van der Waals surface area contributed by atoms with E-state index in [0.29, 0.717) is 0 Å². The van der Waals surface area contributed by atoms with Gasteiger partial charge in [0.05, 0.1) is 6.54 Å². The van der Waals surface area contributed by atoms with Crippen LogP contribution in [0, 0.1) is 20.8 Å². The second-order valence-electron chi connectivity index (χ2n) is 4.12. The molecule has 1 N–H and O–H groups in total. The lowest BCUT2D eigenvalue weighted by atomic mass is 10.3. The Labute approximate surface area is 114 Å². The fraction of sp³-hybridized carbons (Fsp3) is 0.308. The van der Waals surface area contributed by atoms with Crippen molar-refractivity contribution < 1.29 is 0 Å². The molecule has 0 radical (unpaired) electrons. The van der Waals surface area contributed by atoms with Gasteiger partial charge in [-0.3, -0.25) is 0 Å². The SMILES string of the molecule is Cc1cc(NCc2cc(C)c(C)s2)ncc1Br. The number of halogens is 1. The summed E-state index contributed by atoms with van der Waals surface area (Å²) in [5, 5.41) is 3.35. The van der Waals surface area contributed by atoms with Gasteiger partial charge in [-0.15, -0.1) is 11.3 Å². The minimum atomic E-state index is 0.841. The number of rotatable bonds is 3. The van der Waals surface area contributed by atoms with Crippen LogP contribution in [0.4, 0.5) is 5.82 Å². The quantitative estimate of drug-likeness (QED) is 0.906. The van der Waals surface area contributed by atoms with E-state index < -0.39 is 0 Å². The van der Waals surface area contributed by atoms with Crippen LogP contribution < -0.4 is 5.32 Å². The summed E-state index contributed by atoms with van der Waals surface area (Å²) in [5.41, 5.74) is 2.56. The Morgan fingerprint density at radius 1 is 1.24 bits per heavy atom. The Morgan fingerprint density at radius 3 is 2.59 bits per heavy atom. The molecule has 2 rings (SSSR count). The first-order chi connectivity index (χ1) is 8.06. The van der Waals surface area contributed by atoms with Crippen LogP contribution in [-0.4, -0.2) is 4.98 Å². The van der Waals surface area contributed by atoms with Crippen molar-refractivity contribution in [3.8, 4) is 0 Å². The predicted octanol–water partition coefficient (Wildman–Crippen LogP) is 4.44. The van der Waals surface area contributed by atoms with Crippen LogP contribution in [0.25, 0.3) is 0 Å². The minimum absolute atomic E-state index is 0.841. The summed E-state index contributed by atoms with van der Waals surface area (Å²) in [6, 6.07) is 4.29. The monoisotopic (exact) mass is 310 g/mol. The maximum atomic E-state index is 4.33. The molecule has 2 aromatic rings. The summed E-state index contributed by atoms with van der Waals surface area (Å²) in [5.74, 6) is 0.925. The molecule has 0 spiro atoms.